The number of carbonyl (C=O) groups is 1. The van der Waals surface area contributed by atoms with E-state index in [2.05, 4.69) is 10.2 Å². The zero-order chi connectivity index (χ0) is 14.8. The van der Waals surface area contributed by atoms with Gasteiger partial charge in [-0.05, 0) is 18.9 Å². The lowest BCUT2D eigenvalue weighted by atomic mass is 10.1. The second-order valence-corrected chi connectivity index (χ2v) is 5.36. The molecule has 0 radical (unpaired) electrons. The third-order valence-corrected chi connectivity index (χ3v) is 3.89. The maximum Gasteiger partial charge on any atom is 0.326 e. The van der Waals surface area contributed by atoms with Crippen molar-refractivity contribution in [3.63, 3.8) is 0 Å². The Hall–Kier alpha value is -2.14. The lowest BCUT2D eigenvalue weighted by Crippen LogP contribution is -2.36. The Labute approximate surface area is 127 Å². The summed E-state index contributed by atoms with van der Waals surface area (Å²) < 4.78 is 0. The van der Waals surface area contributed by atoms with Gasteiger partial charge in [0.15, 0.2) is 5.82 Å². The molecule has 108 valence electrons. The summed E-state index contributed by atoms with van der Waals surface area (Å²) in [5, 5.41) is 18.0. The molecule has 1 atom stereocenters. The van der Waals surface area contributed by atoms with Crippen molar-refractivity contribution in [2.75, 3.05) is 11.4 Å². The van der Waals surface area contributed by atoms with Crippen molar-refractivity contribution in [2.45, 2.75) is 18.9 Å². The zero-order valence-corrected chi connectivity index (χ0v) is 12.0. The Morgan fingerprint density at radius 2 is 2.05 bits per heavy atom. The molecule has 1 fully saturated rings. The minimum absolute atomic E-state index is 0.428. The van der Waals surface area contributed by atoms with Crippen LogP contribution in [0.1, 0.15) is 12.8 Å². The van der Waals surface area contributed by atoms with Gasteiger partial charge in [-0.1, -0.05) is 41.9 Å². The molecule has 0 unspecified atom stereocenters. The summed E-state index contributed by atoms with van der Waals surface area (Å²) in [5.41, 5.74) is 1.60. The highest BCUT2D eigenvalue weighted by atomic mass is 35.5. The molecule has 1 aromatic carbocycles. The van der Waals surface area contributed by atoms with Gasteiger partial charge in [-0.3, -0.25) is 0 Å². The monoisotopic (exact) mass is 303 g/mol. The Morgan fingerprint density at radius 3 is 2.71 bits per heavy atom. The van der Waals surface area contributed by atoms with E-state index in [0.717, 1.165) is 12.0 Å². The molecule has 0 spiro atoms. The second kappa shape index (κ2) is 5.69. The number of rotatable bonds is 3. The number of aliphatic carboxylic acids is 1. The number of hydrogen-bond donors (Lipinski definition) is 1. The predicted octanol–water partition coefficient (Wildman–Crippen LogP) is 2.85. The Bertz CT molecular complexity index is 663. The highest BCUT2D eigenvalue weighted by Crippen LogP contribution is 2.31. The quantitative estimate of drug-likeness (QED) is 0.944. The summed E-state index contributed by atoms with van der Waals surface area (Å²) in [6, 6.07) is 10.8. The Kier molecular flexibility index (Phi) is 3.75. The van der Waals surface area contributed by atoms with Crippen molar-refractivity contribution in [3.05, 3.63) is 41.4 Å². The fourth-order valence-electron chi connectivity index (χ4n) is 2.58. The zero-order valence-electron chi connectivity index (χ0n) is 11.2. The summed E-state index contributed by atoms with van der Waals surface area (Å²) in [7, 11) is 0. The number of hydrogen-bond acceptors (Lipinski definition) is 4. The van der Waals surface area contributed by atoms with E-state index in [9.17, 15) is 9.90 Å². The molecular weight excluding hydrogens is 290 g/mol. The van der Waals surface area contributed by atoms with Gasteiger partial charge in [0.25, 0.3) is 0 Å². The van der Waals surface area contributed by atoms with Crippen LogP contribution in [-0.4, -0.2) is 33.9 Å². The first-order valence-corrected chi connectivity index (χ1v) is 7.12. The third-order valence-electron chi connectivity index (χ3n) is 3.61. The van der Waals surface area contributed by atoms with Crippen LogP contribution in [0.25, 0.3) is 11.3 Å². The molecule has 0 bridgehead atoms. The van der Waals surface area contributed by atoms with E-state index < -0.39 is 12.0 Å². The van der Waals surface area contributed by atoms with Crippen LogP contribution in [0.3, 0.4) is 0 Å². The van der Waals surface area contributed by atoms with Gasteiger partial charge in [0.1, 0.15) is 6.04 Å². The van der Waals surface area contributed by atoms with E-state index in [1.54, 1.807) is 11.0 Å². The molecule has 0 amide bonds. The van der Waals surface area contributed by atoms with Gasteiger partial charge in [-0.25, -0.2) is 4.79 Å². The molecule has 0 aliphatic carbocycles. The standard InChI is InChI=1S/C15H14ClN3O2/c16-11-9-12(10-5-2-1-3-6-10)17-18-14(11)19-8-4-7-13(19)15(20)21/h1-3,5-6,9,13H,4,7-8H2,(H,20,21)/t13-/m0/s1. The van der Waals surface area contributed by atoms with Crippen molar-refractivity contribution in [3.8, 4) is 11.3 Å². The topological polar surface area (TPSA) is 66.3 Å². The summed E-state index contributed by atoms with van der Waals surface area (Å²) in [5.74, 6) is -0.404. The van der Waals surface area contributed by atoms with Crippen LogP contribution < -0.4 is 4.90 Å². The van der Waals surface area contributed by atoms with Crippen molar-refractivity contribution in [1.82, 2.24) is 10.2 Å². The predicted molar refractivity (Wildman–Crippen MR) is 80.5 cm³/mol. The highest BCUT2D eigenvalue weighted by Gasteiger charge is 2.32. The minimum atomic E-state index is -0.850. The molecule has 1 aromatic heterocycles. The number of carboxylic acid groups (broad SMARTS) is 1. The van der Waals surface area contributed by atoms with E-state index >= 15 is 0 Å². The van der Waals surface area contributed by atoms with E-state index in [0.29, 0.717) is 29.5 Å². The summed E-state index contributed by atoms with van der Waals surface area (Å²) >= 11 is 6.29. The number of nitrogens with zero attached hydrogens (tertiary/aromatic N) is 3. The SMILES string of the molecule is O=C(O)[C@@H]1CCCN1c1nnc(-c2ccccc2)cc1Cl. The van der Waals surface area contributed by atoms with Crippen LogP contribution in [0.15, 0.2) is 36.4 Å². The molecule has 1 aliphatic heterocycles. The van der Waals surface area contributed by atoms with E-state index in [1.807, 2.05) is 30.3 Å². The lowest BCUT2D eigenvalue weighted by Gasteiger charge is -2.22. The molecule has 1 N–H and O–H groups in total. The Balaban J connectivity index is 1.93. The number of benzene rings is 1. The van der Waals surface area contributed by atoms with Crippen molar-refractivity contribution in [2.24, 2.45) is 0 Å². The average Bonchev–Trinajstić information content (AvgIpc) is 2.97. The first kappa shape index (κ1) is 13.8. The van der Waals surface area contributed by atoms with E-state index in [4.69, 9.17) is 11.6 Å². The fraction of sp³-hybridized carbons (Fsp3) is 0.267. The van der Waals surface area contributed by atoms with Crippen molar-refractivity contribution in [1.29, 1.82) is 0 Å². The molecule has 5 nitrogen and oxygen atoms in total. The number of anilines is 1. The second-order valence-electron chi connectivity index (χ2n) is 4.96. The number of carboxylic acids is 1. The van der Waals surface area contributed by atoms with Gasteiger partial charge in [0, 0.05) is 12.1 Å². The van der Waals surface area contributed by atoms with Crippen LogP contribution >= 0.6 is 11.6 Å². The molecule has 2 heterocycles. The van der Waals surface area contributed by atoms with Gasteiger partial charge in [-0.2, -0.15) is 0 Å². The maximum absolute atomic E-state index is 11.3. The number of halogens is 1. The summed E-state index contributed by atoms with van der Waals surface area (Å²) in [6.45, 7) is 0.635. The molecule has 1 saturated heterocycles. The van der Waals surface area contributed by atoms with Gasteiger partial charge in [-0.15, -0.1) is 10.2 Å². The molecule has 3 rings (SSSR count). The summed E-state index contributed by atoms with van der Waals surface area (Å²) in [6.07, 6.45) is 1.42. The molecule has 6 heteroatoms. The van der Waals surface area contributed by atoms with Gasteiger partial charge in [0.2, 0.25) is 0 Å². The van der Waals surface area contributed by atoms with Gasteiger partial charge in [0.05, 0.1) is 10.7 Å². The molecule has 0 saturated carbocycles. The van der Waals surface area contributed by atoms with Crippen LogP contribution in [0, 0.1) is 0 Å². The fourth-order valence-corrected chi connectivity index (χ4v) is 2.83. The molecular formula is C15H14ClN3O2. The summed E-state index contributed by atoms with van der Waals surface area (Å²) in [4.78, 5) is 13.0. The lowest BCUT2D eigenvalue weighted by molar-refractivity contribution is -0.138. The molecule has 1 aliphatic rings. The number of aromatic nitrogens is 2. The smallest absolute Gasteiger partial charge is 0.326 e. The maximum atomic E-state index is 11.3. The van der Waals surface area contributed by atoms with Crippen molar-refractivity contribution < 1.29 is 9.90 Å². The highest BCUT2D eigenvalue weighted by molar-refractivity contribution is 6.33. The molecule has 2 aromatic rings. The Morgan fingerprint density at radius 1 is 1.29 bits per heavy atom. The minimum Gasteiger partial charge on any atom is -0.480 e. The third kappa shape index (κ3) is 2.69. The van der Waals surface area contributed by atoms with Gasteiger partial charge < -0.3 is 10.0 Å². The van der Waals surface area contributed by atoms with E-state index in [-0.39, 0.29) is 0 Å². The largest absolute Gasteiger partial charge is 0.480 e. The average molecular weight is 304 g/mol. The van der Waals surface area contributed by atoms with Gasteiger partial charge >= 0.3 is 5.97 Å². The van der Waals surface area contributed by atoms with Crippen LogP contribution in [0.4, 0.5) is 5.82 Å². The normalized spacial score (nSPS) is 18.0. The first-order valence-electron chi connectivity index (χ1n) is 6.75. The molecule has 21 heavy (non-hydrogen) atoms. The van der Waals surface area contributed by atoms with Crippen molar-refractivity contribution >= 4 is 23.4 Å². The van der Waals surface area contributed by atoms with Crippen LogP contribution in [0.5, 0.6) is 0 Å². The van der Waals surface area contributed by atoms with E-state index in [1.165, 1.54) is 0 Å². The van der Waals surface area contributed by atoms with Crippen LogP contribution in [-0.2, 0) is 4.79 Å². The van der Waals surface area contributed by atoms with Crippen LogP contribution in [0.2, 0.25) is 5.02 Å². The first-order chi connectivity index (χ1) is 10.2.